The van der Waals surface area contributed by atoms with Crippen LogP contribution in [0.1, 0.15) is 58.9 Å². The van der Waals surface area contributed by atoms with Crippen molar-refractivity contribution in [3.63, 3.8) is 0 Å². The number of hydrogen-bond donors (Lipinski definition) is 5. The Kier molecular flexibility index (Phi) is 11.3. The van der Waals surface area contributed by atoms with E-state index in [0.717, 1.165) is 10.9 Å². The number of carbonyl (C=O) groups excluding carboxylic acids is 3. The number of aryl methyl sites for hydroxylation is 1. The second-order valence-corrected chi connectivity index (χ2v) is 10.3. The maximum atomic E-state index is 13.2. The molecule has 1 aromatic carbocycles. The molecule has 0 saturated carbocycles. The van der Waals surface area contributed by atoms with Gasteiger partial charge >= 0.3 is 5.63 Å². The molecular weight excluding hydrogens is 474 g/mol. The van der Waals surface area contributed by atoms with Crippen LogP contribution in [0.15, 0.2) is 33.5 Å². The number of anilines is 1. The fourth-order valence-electron chi connectivity index (χ4n) is 3.94. The summed E-state index contributed by atoms with van der Waals surface area (Å²) in [7, 11) is 0. The number of nitrogens with one attached hydrogen (secondary N) is 3. The van der Waals surface area contributed by atoms with E-state index in [1.807, 2.05) is 27.7 Å². The van der Waals surface area contributed by atoms with E-state index in [0.29, 0.717) is 43.5 Å². The third-order valence-electron chi connectivity index (χ3n) is 6.16. The van der Waals surface area contributed by atoms with Crippen molar-refractivity contribution in [1.82, 2.24) is 10.6 Å². The average molecular weight is 516 g/mol. The molecule has 1 aromatic heterocycles. The van der Waals surface area contributed by atoms with Gasteiger partial charge in [-0.25, -0.2) is 4.79 Å². The predicted molar refractivity (Wildman–Crippen MR) is 145 cm³/mol. The highest BCUT2D eigenvalue weighted by Gasteiger charge is 2.29. The fourth-order valence-corrected chi connectivity index (χ4v) is 3.94. The molecule has 0 aliphatic carbocycles. The maximum Gasteiger partial charge on any atom is 0.336 e. The summed E-state index contributed by atoms with van der Waals surface area (Å²) < 4.78 is 5.27. The Balaban J connectivity index is 2.22. The second kappa shape index (κ2) is 13.9. The number of amides is 3. The molecule has 37 heavy (non-hydrogen) atoms. The third kappa shape index (κ3) is 8.98. The normalized spacial score (nSPS) is 13.9. The summed E-state index contributed by atoms with van der Waals surface area (Å²) in [6.45, 7) is 9.82. The lowest BCUT2D eigenvalue weighted by Gasteiger charge is -2.26. The van der Waals surface area contributed by atoms with Crippen molar-refractivity contribution >= 4 is 34.4 Å². The Morgan fingerprint density at radius 1 is 0.946 bits per heavy atom. The van der Waals surface area contributed by atoms with Crippen molar-refractivity contribution in [2.45, 2.75) is 78.4 Å². The zero-order valence-electron chi connectivity index (χ0n) is 22.4. The van der Waals surface area contributed by atoms with Crippen LogP contribution in [0.4, 0.5) is 5.69 Å². The number of rotatable bonds is 13. The van der Waals surface area contributed by atoms with Crippen LogP contribution in [-0.2, 0) is 14.4 Å². The number of benzene rings is 1. The molecule has 0 bridgehead atoms. The minimum absolute atomic E-state index is 0.0901. The van der Waals surface area contributed by atoms with Crippen LogP contribution in [0.25, 0.3) is 11.0 Å². The van der Waals surface area contributed by atoms with Gasteiger partial charge in [0.05, 0.1) is 6.04 Å². The molecule has 7 N–H and O–H groups in total. The van der Waals surface area contributed by atoms with E-state index in [1.165, 1.54) is 6.07 Å². The van der Waals surface area contributed by atoms with Crippen LogP contribution in [-0.4, -0.2) is 42.4 Å². The van der Waals surface area contributed by atoms with Crippen molar-refractivity contribution in [3.8, 4) is 0 Å². The first-order chi connectivity index (χ1) is 17.4. The van der Waals surface area contributed by atoms with Crippen LogP contribution in [0.5, 0.6) is 0 Å². The molecule has 0 spiro atoms. The minimum atomic E-state index is -0.857. The average Bonchev–Trinajstić information content (AvgIpc) is 2.81. The first-order valence-corrected chi connectivity index (χ1v) is 12.8. The molecule has 10 nitrogen and oxygen atoms in total. The monoisotopic (exact) mass is 515 g/mol. The van der Waals surface area contributed by atoms with E-state index in [4.69, 9.17) is 15.9 Å². The molecule has 2 aromatic rings. The number of hydrogen-bond acceptors (Lipinski definition) is 7. The van der Waals surface area contributed by atoms with E-state index in [2.05, 4.69) is 16.0 Å². The Bertz CT molecular complexity index is 1140. The number of nitrogens with two attached hydrogens (primary N) is 2. The SMILES string of the molecule is Cc1cc(=O)oc2cc(NC(=O)[C@H](CCCCN)NC(=O)[C@H](CC(C)C)NC(=O)[C@H](N)C(C)C)ccc12. The first-order valence-electron chi connectivity index (χ1n) is 12.8. The number of unbranched alkanes of at least 4 members (excludes halogenated alkanes) is 1. The molecule has 2 rings (SSSR count). The van der Waals surface area contributed by atoms with Crippen molar-refractivity contribution in [1.29, 1.82) is 0 Å². The predicted octanol–water partition coefficient (Wildman–Crippen LogP) is 2.17. The van der Waals surface area contributed by atoms with E-state index in [9.17, 15) is 19.2 Å². The van der Waals surface area contributed by atoms with Crippen LogP contribution >= 0.6 is 0 Å². The quantitative estimate of drug-likeness (QED) is 0.201. The van der Waals surface area contributed by atoms with Gasteiger partial charge in [-0.05, 0) is 68.7 Å². The molecule has 3 atom stereocenters. The standard InChI is InChI=1S/C27H41N5O5/c1-15(2)12-21(32-27(36)24(29)16(3)4)26(35)31-20(8-6-7-11-28)25(34)30-18-9-10-19-17(5)13-23(33)37-22(19)14-18/h9-10,13-16,20-21,24H,6-8,11-12,28-29H2,1-5H3,(H,30,34)(H,31,35)(H,32,36)/t20-,21-,24+/m0/s1. The fraction of sp³-hybridized carbons (Fsp3) is 0.556. The third-order valence-corrected chi connectivity index (χ3v) is 6.16. The minimum Gasteiger partial charge on any atom is -0.423 e. The van der Waals surface area contributed by atoms with Crippen molar-refractivity contribution < 1.29 is 18.8 Å². The summed E-state index contributed by atoms with van der Waals surface area (Å²) in [5.74, 6) is -1.26. The van der Waals surface area contributed by atoms with E-state index in [-0.39, 0.29) is 11.8 Å². The van der Waals surface area contributed by atoms with Crippen LogP contribution < -0.4 is 33.0 Å². The second-order valence-electron chi connectivity index (χ2n) is 10.3. The van der Waals surface area contributed by atoms with Gasteiger partial charge in [0.25, 0.3) is 0 Å². The molecule has 1 heterocycles. The zero-order valence-corrected chi connectivity index (χ0v) is 22.4. The van der Waals surface area contributed by atoms with Gasteiger partial charge in [0.15, 0.2) is 0 Å². The molecular formula is C27H41N5O5. The van der Waals surface area contributed by atoms with E-state index in [1.54, 1.807) is 25.1 Å². The molecule has 0 radical (unpaired) electrons. The lowest BCUT2D eigenvalue weighted by molar-refractivity contribution is -0.132. The van der Waals surface area contributed by atoms with E-state index < -0.39 is 41.5 Å². The molecule has 204 valence electrons. The number of fused-ring (bicyclic) bond motifs is 1. The molecule has 3 amide bonds. The van der Waals surface area contributed by atoms with Gasteiger partial charge in [-0.1, -0.05) is 27.7 Å². The zero-order chi connectivity index (χ0) is 27.7. The van der Waals surface area contributed by atoms with Gasteiger partial charge in [0.2, 0.25) is 17.7 Å². The van der Waals surface area contributed by atoms with Crippen LogP contribution in [0.3, 0.4) is 0 Å². The highest BCUT2D eigenvalue weighted by molar-refractivity contribution is 5.99. The highest BCUT2D eigenvalue weighted by atomic mass is 16.4. The summed E-state index contributed by atoms with van der Waals surface area (Å²) in [6.07, 6.45) is 2.07. The lowest BCUT2D eigenvalue weighted by Crippen LogP contribution is -2.56. The Labute approximate surface area is 217 Å². The van der Waals surface area contributed by atoms with Gasteiger partial charge < -0.3 is 31.8 Å². The smallest absolute Gasteiger partial charge is 0.336 e. The summed E-state index contributed by atoms with van der Waals surface area (Å²) >= 11 is 0. The summed E-state index contributed by atoms with van der Waals surface area (Å²) in [5, 5.41) is 9.13. The van der Waals surface area contributed by atoms with Gasteiger partial charge in [0, 0.05) is 23.2 Å². The van der Waals surface area contributed by atoms with Gasteiger partial charge in [0.1, 0.15) is 17.7 Å². The van der Waals surface area contributed by atoms with Crippen LogP contribution in [0, 0.1) is 18.8 Å². The topological polar surface area (TPSA) is 170 Å². The largest absolute Gasteiger partial charge is 0.423 e. The summed E-state index contributed by atoms with van der Waals surface area (Å²) in [6, 6.07) is 4.02. The molecule has 0 aliphatic rings. The Morgan fingerprint density at radius 3 is 2.24 bits per heavy atom. The van der Waals surface area contributed by atoms with Gasteiger partial charge in [-0.15, -0.1) is 0 Å². The van der Waals surface area contributed by atoms with Gasteiger partial charge in [-0.3, -0.25) is 14.4 Å². The van der Waals surface area contributed by atoms with Crippen molar-refractivity contribution in [2.24, 2.45) is 23.3 Å². The lowest BCUT2D eigenvalue weighted by atomic mass is 9.99. The van der Waals surface area contributed by atoms with Crippen molar-refractivity contribution in [3.05, 3.63) is 40.2 Å². The Hall–Kier alpha value is -3.24. The molecule has 10 heteroatoms. The molecule has 0 aliphatic heterocycles. The van der Waals surface area contributed by atoms with Crippen LogP contribution in [0.2, 0.25) is 0 Å². The number of carbonyl (C=O) groups is 3. The van der Waals surface area contributed by atoms with E-state index >= 15 is 0 Å². The molecule has 0 fully saturated rings. The molecule has 0 saturated heterocycles. The molecule has 0 unspecified atom stereocenters. The van der Waals surface area contributed by atoms with Crippen molar-refractivity contribution in [2.75, 3.05) is 11.9 Å². The first kappa shape index (κ1) is 30.0. The summed E-state index contributed by atoms with van der Waals surface area (Å²) in [4.78, 5) is 50.8. The Morgan fingerprint density at radius 2 is 1.62 bits per heavy atom. The summed E-state index contributed by atoms with van der Waals surface area (Å²) in [5.41, 5.74) is 12.7. The van der Waals surface area contributed by atoms with Gasteiger partial charge in [-0.2, -0.15) is 0 Å². The maximum absolute atomic E-state index is 13.2. The highest BCUT2D eigenvalue weighted by Crippen LogP contribution is 2.21.